The highest BCUT2D eigenvalue weighted by Gasteiger charge is 2.19. The fourth-order valence-electron chi connectivity index (χ4n) is 3.30. The van der Waals surface area contributed by atoms with Crippen molar-refractivity contribution in [3.05, 3.63) is 76.9 Å². The third kappa shape index (κ3) is 4.00. The van der Waals surface area contributed by atoms with Crippen LogP contribution in [0.25, 0.3) is 10.8 Å². The predicted molar refractivity (Wildman–Crippen MR) is 110 cm³/mol. The van der Waals surface area contributed by atoms with E-state index < -0.39 is 11.8 Å². The molecule has 0 aliphatic heterocycles. The Kier molecular flexibility index (Phi) is 5.26. The molecule has 0 aliphatic carbocycles. The number of nitrogens with one attached hydrogen (secondary N) is 2. The fourth-order valence-corrected chi connectivity index (χ4v) is 3.30. The molecule has 3 rings (SSSR count). The molecule has 0 fully saturated rings. The molecule has 0 aliphatic rings. The summed E-state index contributed by atoms with van der Waals surface area (Å²) in [7, 11) is 0. The van der Waals surface area contributed by atoms with Gasteiger partial charge in [-0.3, -0.25) is 9.59 Å². The summed E-state index contributed by atoms with van der Waals surface area (Å²) in [6, 6.07) is 17.3. The van der Waals surface area contributed by atoms with Gasteiger partial charge in [0, 0.05) is 11.1 Å². The minimum atomic E-state index is -0.667. The van der Waals surface area contributed by atoms with Gasteiger partial charge in [-0.15, -0.1) is 0 Å². The summed E-state index contributed by atoms with van der Waals surface area (Å²) in [6.45, 7) is 8.01. The first kappa shape index (κ1) is 18.6. The fraction of sp³-hybridized carbons (Fsp3) is 0.217. The van der Waals surface area contributed by atoms with Crippen LogP contribution in [0.4, 0.5) is 5.69 Å². The molecular weight excluding hydrogens is 336 g/mol. The molecule has 27 heavy (non-hydrogen) atoms. The van der Waals surface area contributed by atoms with Gasteiger partial charge in [-0.2, -0.15) is 0 Å². The van der Waals surface area contributed by atoms with Crippen LogP contribution in [0, 0.1) is 20.8 Å². The second kappa shape index (κ2) is 7.62. The molecule has 0 radical (unpaired) electrons. The number of anilines is 1. The summed E-state index contributed by atoms with van der Waals surface area (Å²) in [5.74, 6) is -1.31. The Hall–Kier alpha value is -3.14. The Morgan fingerprint density at radius 2 is 1.48 bits per heavy atom. The largest absolute Gasteiger partial charge is 0.341 e. The van der Waals surface area contributed by atoms with Crippen LogP contribution in [-0.2, 0) is 9.59 Å². The number of rotatable bonds is 3. The molecule has 3 aromatic carbocycles. The zero-order valence-electron chi connectivity index (χ0n) is 16.1. The SMILES string of the molecule is Cc1cc(C)c([C@@H](C)NC(=O)C(=O)Nc2cccc3ccccc23)cc1C. The van der Waals surface area contributed by atoms with Crippen LogP contribution in [0.2, 0.25) is 0 Å². The van der Waals surface area contributed by atoms with Crippen molar-refractivity contribution >= 4 is 28.3 Å². The molecule has 3 aromatic rings. The predicted octanol–water partition coefficient (Wildman–Crippen LogP) is 4.58. The number of aryl methyl sites for hydroxylation is 3. The van der Waals surface area contributed by atoms with E-state index in [0.29, 0.717) is 5.69 Å². The summed E-state index contributed by atoms with van der Waals surface area (Å²) in [5.41, 5.74) is 5.12. The van der Waals surface area contributed by atoms with E-state index in [1.165, 1.54) is 5.56 Å². The van der Waals surface area contributed by atoms with Crippen LogP contribution in [0.1, 0.15) is 35.2 Å². The lowest BCUT2D eigenvalue weighted by Crippen LogP contribution is -2.37. The van der Waals surface area contributed by atoms with Crippen molar-refractivity contribution in [2.24, 2.45) is 0 Å². The number of hydrogen-bond donors (Lipinski definition) is 2. The van der Waals surface area contributed by atoms with Gasteiger partial charge < -0.3 is 10.6 Å². The van der Waals surface area contributed by atoms with Gasteiger partial charge >= 0.3 is 11.8 Å². The first-order valence-electron chi connectivity index (χ1n) is 9.04. The lowest BCUT2D eigenvalue weighted by atomic mass is 9.96. The van der Waals surface area contributed by atoms with E-state index in [-0.39, 0.29) is 6.04 Å². The third-order valence-electron chi connectivity index (χ3n) is 4.94. The lowest BCUT2D eigenvalue weighted by Gasteiger charge is -2.18. The van der Waals surface area contributed by atoms with Gasteiger partial charge in [0.2, 0.25) is 0 Å². The maximum atomic E-state index is 12.4. The molecule has 4 nitrogen and oxygen atoms in total. The van der Waals surface area contributed by atoms with Crippen LogP contribution < -0.4 is 10.6 Å². The maximum absolute atomic E-state index is 12.4. The lowest BCUT2D eigenvalue weighted by molar-refractivity contribution is -0.136. The van der Waals surface area contributed by atoms with E-state index in [1.54, 1.807) is 6.07 Å². The average Bonchev–Trinajstić information content (AvgIpc) is 2.64. The van der Waals surface area contributed by atoms with E-state index >= 15 is 0 Å². The van der Waals surface area contributed by atoms with Gasteiger partial charge in [0.15, 0.2) is 0 Å². The highest BCUT2D eigenvalue weighted by atomic mass is 16.2. The van der Waals surface area contributed by atoms with Gasteiger partial charge in [-0.05, 0) is 61.4 Å². The van der Waals surface area contributed by atoms with Crippen molar-refractivity contribution in [2.75, 3.05) is 5.32 Å². The first-order valence-corrected chi connectivity index (χ1v) is 9.04. The Morgan fingerprint density at radius 1 is 0.815 bits per heavy atom. The van der Waals surface area contributed by atoms with Gasteiger partial charge in [-0.1, -0.05) is 48.5 Å². The molecule has 0 bridgehead atoms. The van der Waals surface area contributed by atoms with E-state index in [4.69, 9.17) is 0 Å². The summed E-state index contributed by atoms with van der Waals surface area (Å²) in [5, 5.41) is 7.44. The molecule has 0 aromatic heterocycles. The van der Waals surface area contributed by atoms with Crippen molar-refractivity contribution in [3.8, 4) is 0 Å². The number of fused-ring (bicyclic) bond motifs is 1. The molecule has 0 unspecified atom stereocenters. The van der Waals surface area contributed by atoms with Crippen LogP contribution in [0.5, 0.6) is 0 Å². The topological polar surface area (TPSA) is 58.2 Å². The van der Waals surface area contributed by atoms with Crippen LogP contribution in [-0.4, -0.2) is 11.8 Å². The second-order valence-corrected chi connectivity index (χ2v) is 6.97. The number of carbonyl (C=O) groups is 2. The Balaban J connectivity index is 1.74. The number of amides is 2. The van der Waals surface area contributed by atoms with E-state index in [0.717, 1.165) is 27.5 Å². The zero-order valence-corrected chi connectivity index (χ0v) is 16.1. The van der Waals surface area contributed by atoms with Crippen molar-refractivity contribution in [2.45, 2.75) is 33.7 Å². The zero-order chi connectivity index (χ0) is 19.6. The van der Waals surface area contributed by atoms with Crippen molar-refractivity contribution < 1.29 is 9.59 Å². The van der Waals surface area contributed by atoms with Crippen molar-refractivity contribution in [1.82, 2.24) is 5.32 Å². The maximum Gasteiger partial charge on any atom is 0.313 e. The second-order valence-electron chi connectivity index (χ2n) is 6.97. The number of hydrogen-bond acceptors (Lipinski definition) is 2. The van der Waals surface area contributed by atoms with E-state index in [2.05, 4.69) is 29.7 Å². The summed E-state index contributed by atoms with van der Waals surface area (Å²) in [6.07, 6.45) is 0. The highest BCUT2D eigenvalue weighted by molar-refractivity contribution is 6.40. The summed E-state index contributed by atoms with van der Waals surface area (Å²) >= 11 is 0. The minimum Gasteiger partial charge on any atom is -0.341 e. The van der Waals surface area contributed by atoms with Crippen LogP contribution in [0.3, 0.4) is 0 Å². The molecular formula is C23H24N2O2. The van der Waals surface area contributed by atoms with Crippen LogP contribution in [0.15, 0.2) is 54.6 Å². The standard InChI is InChI=1S/C23H24N2O2/c1-14-12-16(3)20(13-15(14)2)17(4)24-22(26)23(27)25-21-11-7-9-18-8-5-6-10-19(18)21/h5-13,17H,1-4H3,(H,24,26)(H,25,27)/t17-/m1/s1. The van der Waals surface area contributed by atoms with Gasteiger partial charge in [-0.25, -0.2) is 0 Å². The molecule has 138 valence electrons. The molecule has 0 saturated heterocycles. The smallest absolute Gasteiger partial charge is 0.313 e. The first-order chi connectivity index (χ1) is 12.9. The molecule has 0 spiro atoms. The van der Waals surface area contributed by atoms with Crippen LogP contribution >= 0.6 is 0 Å². The van der Waals surface area contributed by atoms with E-state index in [9.17, 15) is 9.59 Å². The Bertz CT molecular complexity index is 1020. The van der Waals surface area contributed by atoms with Gasteiger partial charge in [0.05, 0.1) is 6.04 Å². The highest BCUT2D eigenvalue weighted by Crippen LogP contribution is 2.24. The molecule has 0 heterocycles. The molecule has 2 amide bonds. The molecule has 0 saturated carbocycles. The van der Waals surface area contributed by atoms with Crippen molar-refractivity contribution in [1.29, 1.82) is 0 Å². The Morgan fingerprint density at radius 3 is 2.26 bits per heavy atom. The quantitative estimate of drug-likeness (QED) is 0.672. The summed E-state index contributed by atoms with van der Waals surface area (Å²) in [4.78, 5) is 24.8. The minimum absolute atomic E-state index is 0.255. The summed E-state index contributed by atoms with van der Waals surface area (Å²) < 4.78 is 0. The van der Waals surface area contributed by atoms with Crippen molar-refractivity contribution in [3.63, 3.8) is 0 Å². The molecule has 2 N–H and O–H groups in total. The number of carbonyl (C=O) groups excluding carboxylic acids is 2. The molecule has 4 heteroatoms. The Labute approximate surface area is 159 Å². The normalized spacial score (nSPS) is 11.9. The van der Waals surface area contributed by atoms with E-state index in [1.807, 2.05) is 57.2 Å². The molecule has 1 atom stereocenters. The third-order valence-corrected chi connectivity index (χ3v) is 4.94. The van der Waals surface area contributed by atoms with Gasteiger partial charge in [0.1, 0.15) is 0 Å². The monoisotopic (exact) mass is 360 g/mol. The average molecular weight is 360 g/mol. The van der Waals surface area contributed by atoms with Gasteiger partial charge in [0.25, 0.3) is 0 Å². The number of benzene rings is 3.